The van der Waals surface area contributed by atoms with Crippen molar-refractivity contribution in [3.63, 3.8) is 0 Å². The van der Waals surface area contributed by atoms with Crippen LogP contribution >= 0.6 is 11.3 Å². The number of aryl methyl sites for hydroxylation is 2. The summed E-state index contributed by atoms with van der Waals surface area (Å²) in [7, 11) is 0. The SMILES string of the molecule is Cc1cc(-c2n[nH]nc2C#N)ccc1-c1cscc1C. The second-order valence-corrected chi connectivity index (χ2v) is 5.37. The highest BCUT2D eigenvalue weighted by atomic mass is 32.1. The first kappa shape index (κ1) is 12.6. The number of rotatable bonds is 2. The highest BCUT2D eigenvalue weighted by Gasteiger charge is 2.12. The molecule has 0 spiro atoms. The van der Waals surface area contributed by atoms with Crippen molar-refractivity contribution < 1.29 is 0 Å². The van der Waals surface area contributed by atoms with E-state index >= 15 is 0 Å². The first-order valence-electron chi connectivity index (χ1n) is 6.15. The molecule has 0 fully saturated rings. The first-order valence-corrected chi connectivity index (χ1v) is 7.10. The quantitative estimate of drug-likeness (QED) is 0.778. The van der Waals surface area contributed by atoms with Crippen LogP contribution < -0.4 is 0 Å². The van der Waals surface area contributed by atoms with Gasteiger partial charge in [-0.2, -0.15) is 26.9 Å². The van der Waals surface area contributed by atoms with Crippen molar-refractivity contribution >= 4 is 11.3 Å². The fourth-order valence-electron chi connectivity index (χ4n) is 2.26. The Morgan fingerprint density at radius 3 is 2.60 bits per heavy atom. The predicted molar refractivity (Wildman–Crippen MR) is 79.3 cm³/mol. The van der Waals surface area contributed by atoms with E-state index in [0.29, 0.717) is 11.4 Å². The van der Waals surface area contributed by atoms with Crippen molar-refractivity contribution in [2.75, 3.05) is 0 Å². The molecule has 20 heavy (non-hydrogen) atoms. The van der Waals surface area contributed by atoms with Crippen molar-refractivity contribution in [3.8, 4) is 28.5 Å². The highest BCUT2D eigenvalue weighted by Crippen LogP contribution is 2.32. The number of aromatic amines is 1. The van der Waals surface area contributed by atoms with Gasteiger partial charge in [-0.05, 0) is 52.9 Å². The number of hydrogen-bond donors (Lipinski definition) is 1. The molecule has 0 atom stereocenters. The summed E-state index contributed by atoms with van der Waals surface area (Å²) in [6.07, 6.45) is 0. The molecule has 2 aromatic heterocycles. The summed E-state index contributed by atoms with van der Waals surface area (Å²) in [6, 6.07) is 8.15. The number of thiophene rings is 1. The van der Waals surface area contributed by atoms with Gasteiger partial charge in [-0.25, -0.2) is 0 Å². The maximum atomic E-state index is 9.01. The molecule has 0 aliphatic heterocycles. The molecule has 4 nitrogen and oxygen atoms in total. The zero-order valence-corrected chi connectivity index (χ0v) is 12.0. The minimum atomic E-state index is 0.323. The van der Waals surface area contributed by atoms with Crippen LogP contribution in [0.15, 0.2) is 29.0 Å². The Labute approximate surface area is 120 Å². The minimum absolute atomic E-state index is 0.323. The fourth-order valence-corrected chi connectivity index (χ4v) is 3.11. The largest absolute Gasteiger partial charge is 0.196 e. The Balaban J connectivity index is 2.09. The maximum absolute atomic E-state index is 9.01. The van der Waals surface area contributed by atoms with E-state index in [2.05, 4.69) is 46.1 Å². The van der Waals surface area contributed by atoms with Crippen LogP contribution in [-0.2, 0) is 0 Å². The highest BCUT2D eigenvalue weighted by molar-refractivity contribution is 7.08. The number of aromatic nitrogens is 3. The molecular weight excluding hydrogens is 268 g/mol. The van der Waals surface area contributed by atoms with Crippen LogP contribution in [0.2, 0.25) is 0 Å². The van der Waals surface area contributed by atoms with Gasteiger partial charge in [0, 0.05) is 5.56 Å². The number of nitrogens with one attached hydrogen (secondary N) is 1. The van der Waals surface area contributed by atoms with E-state index in [0.717, 1.165) is 11.1 Å². The van der Waals surface area contributed by atoms with Gasteiger partial charge in [0.15, 0.2) is 5.69 Å². The van der Waals surface area contributed by atoms with Gasteiger partial charge >= 0.3 is 0 Å². The lowest BCUT2D eigenvalue weighted by atomic mass is 9.97. The van der Waals surface area contributed by atoms with Gasteiger partial charge in [-0.15, -0.1) is 5.10 Å². The third-order valence-corrected chi connectivity index (χ3v) is 4.16. The molecule has 5 heteroatoms. The summed E-state index contributed by atoms with van der Waals surface area (Å²) in [6.45, 7) is 4.19. The van der Waals surface area contributed by atoms with E-state index in [1.807, 2.05) is 18.2 Å². The summed E-state index contributed by atoms with van der Waals surface area (Å²) in [5.74, 6) is 0. The lowest BCUT2D eigenvalue weighted by Crippen LogP contribution is -1.88. The molecular formula is C15H12N4S. The third-order valence-electron chi connectivity index (χ3n) is 3.30. The van der Waals surface area contributed by atoms with Gasteiger partial charge in [0.1, 0.15) is 11.8 Å². The monoisotopic (exact) mass is 280 g/mol. The zero-order valence-electron chi connectivity index (χ0n) is 11.1. The Morgan fingerprint density at radius 2 is 1.95 bits per heavy atom. The molecule has 3 aromatic rings. The van der Waals surface area contributed by atoms with E-state index in [9.17, 15) is 0 Å². The molecule has 98 valence electrons. The minimum Gasteiger partial charge on any atom is -0.196 e. The molecule has 1 N–H and O–H groups in total. The van der Waals surface area contributed by atoms with E-state index in [1.54, 1.807) is 11.3 Å². The summed E-state index contributed by atoms with van der Waals surface area (Å²) in [4.78, 5) is 0. The number of nitrogens with zero attached hydrogens (tertiary/aromatic N) is 3. The van der Waals surface area contributed by atoms with Crippen LogP contribution in [0.1, 0.15) is 16.8 Å². The second kappa shape index (κ2) is 4.91. The van der Waals surface area contributed by atoms with Crippen molar-refractivity contribution in [2.24, 2.45) is 0 Å². The van der Waals surface area contributed by atoms with Gasteiger partial charge in [0.05, 0.1) is 0 Å². The van der Waals surface area contributed by atoms with Crippen LogP contribution in [0.3, 0.4) is 0 Å². The van der Waals surface area contributed by atoms with E-state index in [4.69, 9.17) is 5.26 Å². The van der Waals surface area contributed by atoms with Crippen molar-refractivity contribution in [1.82, 2.24) is 15.4 Å². The summed E-state index contributed by atoms with van der Waals surface area (Å²) >= 11 is 1.71. The smallest absolute Gasteiger partial charge is 0.190 e. The van der Waals surface area contributed by atoms with Crippen molar-refractivity contribution in [3.05, 3.63) is 45.8 Å². The van der Waals surface area contributed by atoms with E-state index < -0.39 is 0 Å². The lowest BCUT2D eigenvalue weighted by molar-refractivity contribution is 0.937. The predicted octanol–water partition coefficient (Wildman–Crippen LogP) is 3.69. The van der Waals surface area contributed by atoms with Crippen molar-refractivity contribution in [1.29, 1.82) is 5.26 Å². The molecule has 0 radical (unpaired) electrons. The number of H-pyrrole nitrogens is 1. The van der Waals surface area contributed by atoms with Gasteiger partial charge < -0.3 is 0 Å². The molecule has 3 rings (SSSR count). The van der Waals surface area contributed by atoms with Gasteiger partial charge in [0.25, 0.3) is 0 Å². The molecule has 0 aliphatic carbocycles. The van der Waals surface area contributed by atoms with Crippen molar-refractivity contribution in [2.45, 2.75) is 13.8 Å². The average molecular weight is 280 g/mol. The molecule has 0 unspecified atom stereocenters. The zero-order chi connectivity index (χ0) is 14.1. The third kappa shape index (κ3) is 2.00. The van der Waals surface area contributed by atoms with Gasteiger partial charge in [-0.1, -0.05) is 12.1 Å². The standard InChI is InChI=1S/C15H12N4S/c1-9-5-11(15-14(6-16)17-19-18-15)3-4-12(9)13-8-20-7-10(13)2/h3-5,7-8H,1-2H3,(H,17,18,19). The van der Waals surface area contributed by atoms with Gasteiger partial charge in [-0.3, -0.25) is 0 Å². The molecule has 1 aromatic carbocycles. The second-order valence-electron chi connectivity index (χ2n) is 4.63. The Bertz CT molecular complexity index is 807. The van der Waals surface area contributed by atoms with Crippen LogP contribution in [0.5, 0.6) is 0 Å². The Hall–Kier alpha value is -2.45. The first-order chi connectivity index (χ1) is 9.70. The molecule has 2 heterocycles. The topological polar surface area (TPSA) is 65.4 Å². The van der Waals surface area contributed by atoms with Crippen LogP contribution in [0, 0.1) is 25.2 Å². The van der Waals surface area contributed by atoms with Crippen LogP contribution in [0.25, 0.3) is 22.4 Å². The maximum Gasteiger partial charge on any atom is 0.190 e. The van der Waals surface area contributed by atoms with Gasteiger partial charge in [0.2, 0.25) is 0 Å². The fraction of sp³-hybridized carbons (Fsp3) is 0.133. The van der Waals surface area contributed by atoms with Crippen LogP contribution in [0.4, 0.5) is 0 Å². The number of nitriles is 1. The molecule has 0 amide bonds. The van der Waals surface area contributed by atoms with E-state index in [1.165, 1.54) is 16.7 Å². The number of hydrogen-bond acceptors (Lipinski definition) is 4. The average Bonchev–Trinajstić information content (AvgIpc) is 3.07. The summed E-state index contributed by atoms with van der Waals surface area (Å²) in [5.41, 5.74) is 6.76. The molecule has 0 saturated carbocycles. The molecule has 0 aliphatic rings. The molecule has 0 bridgehead atoms. The lowest BCUT2D eigenvalue weighted by Gasteiger charge is -2.07. The van der Waals surface area contributed by atoms with Crippen LogP contribution in [-0.4, -0.2) is 15.4 Å². The molecule has 0 saturated heterocycles. The number of benzene rings is 1. The van der Waals surface area contributed by atoms with E-state index in [-0.39, 0.29) is 0 Å². The Morgan fingerprint density at radius 1 is 1.10 bits per heavy atom. The Kier molecular flexibility index (Phi) is 3.09. The normalized spacial score (nSPS) is 10.4. The summed E-state index contributed by atoms with van der Waals surface area (Å²) in [5, 5.41) is 23.7. The summed E-state index contributed by atoms with van der Waals surface area (Å²) < 4.78 is 0.